The Morgan fingerprint density at radius 1 is 0.800 bits per heavy atom. The van der Waals surface area contributed by atoms with Crippen LogP contribution in [0.3, 0.4) is 0 Å². The maximum atomic E-state index is 13.1. The molecule has 0 unspecified atom stereocenters. The highest BCUT2D eigenvalue weighted by molar-refractivity contribution is 5.89. The molecule has 0 aliphatic carbocycles. The first kappa shape index (κ1) is 33.3. The van der Waals surface area contributed by atoms with Gasteiger partial charge in [0.2, 0.25) is 5.75 Å². The Morgan fingerprint density at radius 2 is 1.55 bits per heavy atom. The average molecular weight is 553 g/mol. The van der Waals surface area contributed by atoms with Gasteiger partial charge in [0.05, 0.1) is 18.6 Å². The molecule has 1 heterocycles. The van der Waals surface area contributed by atoms with E-state index in [0.717, 1.165) is 32.1 Å². The van der Waals surface area contributed by atoms with E-state index in [2.05, 4.69) is 58.9 Å². The van der Waals surface area contributed by atoms with E-state index in [1.807, 2.05) is 18.2 Å². The van der Waals surface area contributed by atoms with Gasteiger partial charge in [-0.1, -0.05) is 94.2 Å². The standard InChI is InChI=1S/C35H52O5/c1-6-8-10-12-13-14-15-17-25-37-31-23-19-22-30-32(31)40-35(36)34(38-26-16-11-9-7-2)33(30)39-27-24-29(5)21-18-20-28(3)4/h9,11,19-20,22-24H,6-8,10,12-18,21,25-27H2,1-5H3/b11-9?,29-24+. The Balaban J connectivity index is 2.15. The normalized spacial score (nSPS) is 11.8. The molecule has 0 aliphatic rings. The van der Waals surface area contributed by atoms with E-state index in [9.17, 15) is 4.79 Å². The van der Waals surface area contributed by atoms with Gasteiger partial charge in [-0.2, -0.15) is 0 Å². The van der Waals surface area contributed by atoms with Crippen molar-refractivity contribution < 1.29 is 18.6 Å². The molecule has 0 aliphatic heterocycles. The highest BCUT2D eigenvalue weighted by atomic mass is 16.5. The predicted octanol–water partition coefficient (Wildman–Crippen LogP) is 10.1. The minimum absolute atomic E-state index is 0.119. The second-order valence-corrected chi connectivity index (χ2v) is 10.7. The molecular weight excluding hydrogens is 500 g/mol. The molecule has 0 radical (unpaired) electrons. The summed E-state index contributed by atoms with van der Waals surface area (Å²) in [6.07, 6.45) is 22.0. The number of hydrogen-bond acceptors (Lipinski definition) is 5. The second-order valence-electron chi connectivity index (χ2n) is 10.7. The zero-order valence-corrected chi connectivity index (χ0v) is 25.7. The number of benzene rings is 1. The molecule has 0 atom stereocenters. The monoisotopic (exact) mass is 552 g/mol. The van der Waals surface area contributed by atoms with Crippen molar-refractivity contribution in [3.63, 3.8) is 0 Å². The first-order valence-electron chi connectivity index (χ1n) is 15.4. The molecule has 0 amide bonds. The van der Waals surface area contributed by atoms with Crippen LogP contribution in [0.25, 0.3) is 11.0 Å². The summed E-state index contributed by atoms with van der Waals surface area (Å²) in [5, 5.41) is 0.683. The van der Waals surface area contributed by atoms with E-state index in [1.165, 1.54) is 49.7 Å². The van der Waals surface area contributed by atoms with Crippen molar-refractivity contribution in [2.75, 3.05) is 19.8 Å². The molecule has 0 bridgehead atoms. The summed E-state index contributed by atoms with van der Waals surface area (Å²) in [6.45, 7) is 12.0. The van der Waals surface area contributed by atoms with Crippen LogP contribution in [0.5, 0.6) is 17.2 Å². The smallest absolute Gasteiger partial charge is 0.383 e. The maximum Gasteiger partial charge on any atom is 0.383 e. The molecule has 2 rings (SSSR count). The van der Waals surface area contributed by atoms with Crippen LogP contribution in [0.1, 0.15) is 112 Å². The van der Waals surface area contributed by atoms with Gasteiger partial charge < -0.3 is 18.6 Å². The Bertz CT molecular complexity index is 1130. The highest BCUT2D eigenvalue weighted by Gasteiger charge is 2.20. The Kier molecular flexibility index (Phi) is 16.6. The lowest BCUT2D eigenvalue weighted by atomic mass is 10.1. The molecule has 0 saturated heterocycles. The lowest BCUT2D eigenvalue weighted by Gasteiger charge is -2.15. The average Bonchev–Trinajstić information content (AvgIpc) is 2.93. The lowest BCUT2D eigenvalue weighted by molar-refractivity contribution is 0.272. The minimum Gasteiger partial charge on any atom is -0.490 e. The Hall–Kier alpha value is -2.95. The van der Waals surface area contributed by atoms with E-state index in [0.29, 0.717) is 48.7 Å². The zero-order valence-electron chi connectivity index (χ0n) is 25.7. The first-order valence-corrected chi connectivity index (χ1v) is 15.4. The van der Waals surface area contributed by atoms with Gasteiger partial charge in [0, 0.05) is 0 Å². The molecule has 2 aromatic rings. The van der Waals surface area contributed by atoms with Crippen molar-refractivity contribution in [1.29, 1.82) is 0 Å². The fraction of sp³-hybridized carbons (Fsp3) is 0.571. The predicted molar refractivity (Wildman–Crippen MR) is 168 cm³/mol. The van der Waals surface area contributed by atoms with Gasteiger partial charge in [-0.3, -0.25) is 0 Å². The number of allylic oxidation sites excluding steroid dienone is 4. The zero-order chi connectivity index (χ0) is 29.0. The van der Waals surface area contributed by atoms with Crippen LogP contribution in [0.15, 0.2) is 62.9 Å². The van der Waals surface area contributed by atoms with E-state index in [-0.39, 0.29) is 5.75 Å². The number of rotatable bonds is 21. The van der Waals surface area contributed by atoms with Crippen LogP contribution in [-0.2, 0) is 0 Å². The van der Waals surface area contributed by atoms with E-state index < -0.39 is 5.63 Å². The van der Waals surface area contributed by atoms with Crippen LogP contribution in [0.2, 0.25) is 0 Å². The van der Waals surface area contributed by atoms with Crippen molar-refractivity contribution in [1.82, 2.24) is 0 Å². The molecule has 5 heteroatoms. The fourth-order valence-electron chi connectivity index (χ4n) is 4.42. The molecule has 1 aromatic carbocycles. The summed E-state index contributed by atoms with van der Waals surface area (Å²) in [5.41, 5.74) is 2.42. The van der Waals surface area contributed by atoms with Gasteiger partial charge >= 0.3 is 5.63 Å². The molecule has 0 N–H and O–H groups in total. The summed E-state index contributed by atoms with van der Waals surface area (Å²) in [5.74, 6) is 1.10. The molecule has 1 aromatic heterocycles. The maximum absolute atomic E-state index is 13.1. The van der Waals surface area contributed by atoms with Gasteiger partial charge in [-0.15, -0.1) is 0 Å². The summed E-state index contributed by atoms with van der Waals surface area (Å²) < 4.78 is 24.0. The molecule has 222 valence electrons. The fourth-order valence-corrected chi connectivity index (χ4v) is 4.42. The van der Waals surface area contributed by atoms with Crippen molar-refractivity contribution in [3.05, 3.63) is 64.1 Å². The molecule has 0 fully saturated rings. The second kappa shape index (κ2) is 20.0. The summed E-state index contributed by atoms with van der Waals surface area (Å²) in [4.78, 5) is 13.1. The van der Waals surface area contributed by atoms with Crippen LogP contribution in [0.4, 0.5) is 0 Å². The number of para-hydroxylation sites is 1. The van der Waals surface area contributed by atoms with E-state index in [4.69, 9.17) is 18.6 Å². The van der Waals surface area contributed by atoms with Crippen molar-refractivity contribution >= 4 is 11.0 Å². The van der Waals surface area contributed by atoms with Crippen LogP contribution >= 0.6 is 0 Å². The topological polar surface area (TPSA) is 57.9 Å². The largest absolute Gasteiger partial charge is 0.490 e. The lowest BCUT2D eigenvalue weighted by Crippen LogP contribution is -2.12. The van der Waals surface area contributed by atoms with Gasteiger partial charge in [0.25, 0.3) is 0 Å². The Labute approximate surface area is 242 Å². The van der Waals surface area contributed by atoms with Crippen LogP contribution in [-0.4, -0.2) is 19.8 Å². The summed E-state index contributed by atoms with van der Waals surface area (Å²) in [6, 6.07) is 5.65. The van der Waals surface area contributed by atoms with Crippen LogP contribution in [0, 0.1) is 0 Å². The van der Waals surface area contributed by atoms with Gasteiger partial charge in [0.1, 0.15) is 6.61 Å². The molecule has 40 heavy (non-hydrogen) atoms. The SMILES string of the molecule is CCC=CCCOc1c(OC/C=C(\C)CCC=C(C)C)c2cccc(OCCCCCCCCCC)c2oc1=O. The third-order valence-electron chi connectivity index (χ3n) is 6.75. The van der Waals surface area contributed by atoms with Crippen LogP contribution < -0.4 is 19.8 Å². The number of hydrogen-bond donors (Lipinski definition) is 0. The van der Waals surface area contributed by atoms with Crippen molar-refractivity contribution in [2.45, 2.75) is 112 Å². The van der Waals surface area contributed by atoms with Crippen molar-refractivity contribution in [3.8, 4) is 17.2 Å². The van der Waals surface area contributed by atoms with E-state index in [1.54, 1.807) is 0 Å². The highest BCUT2D eigenvalue weighted by Crippen LogP contribution is 2.37. The number of unbranched alkanes of at least 4 members (excludes halogenated alkanes) is 7. The summed E-state index contributed by atoms with van der Waals surface area (Å²) >= 11 is 0. The van der Waals surface area contributed by atoms with Gasteiger partial charge in [-0.25, -0.2) is 4.79 Å². The molecule has 5 nitrogen and oxygen atoms in total. The minimum atomic E-state index is -0.547. The van der Waals surface area contributed by atoms with Gasteiger partial charge in [-0.05, 0) is 71.1 Å². The molecule has 0 saturated carbocycles. The number of ether oxygens (including phenoxy) is 3. The Morgan fingerprint density at radius 3 is 2.27 bits per heavy atom. The number of fused-ring (bicyclic) bond motifs is 1. The van der Waals surface area contributed by atoms with Gasteiger partial charge in [0.15, 0.2) is 17.1 Å². The quantitative estimate of drug-likeness (QED) is 0.0876. The summed E-state index contributed by atoms with van der Waals surface area (Å²) in [7, 11) is 0. The van der Waals surface area contributed by atoms with Crippen molar-refractivity contribution in [2.24, 2.45) is 0 Å². The molecule has 0 spiro atoms. The first-order chi connectivity index (χ1) is 19.5. The van der Waals surface area contributed by atoms with E-state index >= 15 is 0 Å². The third kappa shape index (κ3) is 12.5. The molecular formula is C35H52O5. The third-order valence-corrected chi connectivity index (χ3v) is 6.75.